The number of nitrogens with one attached hydrogen (secondary N) is 1. The minimum absolute atomic E-state index is 0.113. The van der Waals surface area contributed by atoms with Gasteiger partial charge in [0.25, 0.3) is 5.91 Å². The van der Waals surface area contributed by atoms with Gasteiger partial charge < -0.3 is 19.9 Å². The minimum Gasteiger partial charge on any atom is -0.480 e. The Balaban J connectivity index is 2.17. The lowest BCUT2D eigenvalue weighted by molar-refractivity contribution is -0.139. The highest BCUT2D eigenvalue weighted by atomic mass is 32.1. The zero-order chi connectivity index (χ0) is 14.9. The average molecular weight is 297 g/mol. The molecule has 0 saturated heterocycles. The molecule has 2 N–H and O–H groups in total. The maximum Gasteiger partial charge on any atom is 0.327 e. The third-order valence-electron chi connectivity index (χ3n) is 2.86. The Morgan fingerprint density at radius 2 is 2.00 bits per heavy atom. The second-order valence-electron chi connectivity index (χ2n) is 4.97. The lowest BCUT2D eigenvalue weighted by Gasteiger charge is -2.26. The number of carbonyl (C=O) groups excluding carboxylic acids is 1. The normalized spacial score (nSPS) is 14.8. The van der Waals surface area contributed by atoms with Crippen LogP contribution in [-0.2, 0) is 4.79 Å². The molecule has 20 heavy (non-hydrogen) atoms. The molecule has 108 valence electrons. The van der Waals surface area contributed by atoms with Crippen LogP contribution in [0.15, 0.2) is 18.2 Å². The van der Waals surface area contributed by atoms with E-state index in [0.29, 0.717) is 17.1 Å². The monoisotopic (exact) mass is 297 g/mol. The van der Waals surface area contributed by atoms with Crippen molar-refractivity contribution >= 4 is 24.5 Å². The van der Waals surface area contributed by atoms with Crippen molar-refractivity contribution in [2.24, 2.45) is 0 Å². The van der Waals surface area contributed by atoms with E-state index in [4.69, 9.17) is 14.6 Å². The molecule has 0 fully saturated rings. The first-order valence-corrected chi connectivity index (χ1v) is 6.39. The number of hydrogen-bond acceptors (Lipinski definition) is 5. The Labute approximate surface area is 121 Å². The first-order chi connectivity index (χ1) is 9.29. The number of rotatable bonds is 4. The standard InChI is InChI=1S/C13H15NO5S/c1-13(2,20)10(12(16)17)14-11(15)7-3-4-8-9(5-7)19-6-18-8/h3-5,10,20H,6H2,1-2H3,(H,14,15)(H,16,17). The van der Waals surface area contributed by atoms with Crippen molar-refractivity contribution in [3.63, 3.8) is 0 Å². The Hall–Kier alpha value is -1.89. The zero-order valence-electron chi connectivity index (χ0n) is 11.0. The molecule has 1 aliphatic heterocycles. The lowest BCUT2D eigenvalue weighted by Crippen LogP contribution is -2.51. The predicted octanol–water partition coefficient (Wildman–Crippen LogP) is 1.31. The summed E-state index contributed by atoms with van der Waals surface area (Å²) in [5.41, 5.74) is 0.304. The highest BCUT2D eigenvalue weighted by Crippen LogP contribution is 2.32. The summed E-state index contributed by atoms with van der Waals surface area (Å²) in [6.45, 7) is 3.35. The van der Waals surface area contributed by atoms with Gasteiger partial charge in [-0.3, -0.25) is 4.79 Å². The molecule has 0 bridgehead atoms. The summed E-state index contributed by atoms with van der Waals surface area (Å²) in [5.74, 6) is -0.613. The van der Waals surface area contributed by atoms with E-state index < -0.39 is 22.7 Å². The smallest absolute Gasteiger partial charge is 0.327 e. The highest BCUT2D eigenvalue weighted by molar-refractivity contribution is 7.81. The topological polar surface area (TPSA) is 84.9 Å². The first-order valence-electron chi connectivity index (χ1n) is 5.95. The van der Waals surface area contributed by atoms with Crippen LogP contribution in [0.3, 0.4) is 0 Å². The Bertz CT molecular complexity index is 552. The summed E-state index contributed by atoms with van der Waals surface area (Å²) in [5, 5.41) is 11.6. The first kappa shape index (κ1) is 14.5. The molecule has 0 radical (unpaired) electrons. The molecule has 1 aromatic carbocycles. The van der Waals surface area contributed by atoms with Gasteiger partial charge in [0.2, 0.25) is 6.79 Å². The maximum atomic E-state index is 12.1. The summed E-state index contributed by atoms with van der Waals surface area (Å²) in [6, 6.07) is 3.57. The molecule has 1 atom stereocenters. The molecule has 0 saturated carbocycles. The zero-order valence-corrected chi connectivity index (χ0v) is 11.9. The van der Waals surface area contributed by atoms with Crippen LogP contribution >= 0.6 is 12.6 Å². The summed E-state index contributed by atoms with van der Waals surface area (Å²) in [4.78, 5) is 23.3. The van der Waals surface area contributed by atoms with Gasteiger partial charge in [-0.05, 0) is 32.0 Å². The van der Waals surface area contributed by atoms with Crippen LogP contribution in [0.1, 0.15) is 24.2 Å². The van der Waals surface area contributed by atoms with Crippen molar-refractivity contribution in [2.75, 3.05) is 6.79 Å². The molecule has 1 aromatic rings. The van der Waals surface area contributed by atoms with Crippen LogP contribution < -0.4 is 14.8 Å². The van der Waals surface area contributed by atoms with Crippen molar-refractivity contribution in [3.8, 4) is 11.5 Å². The van der Waals surface area contributed by atoms with Crippen molar-refractivity contribution < 1.29 is 24.2 Å². The Morgan fingerprint density at radius 1 is 1.35 bits per heavy atom. The molecule has 1 amide bonds. The summed E-state index contributed by atoms with van der Waals surface area (Å²) in [7, 11) is 0. The summed E-state index contributed by atoms with van der Waals surface area (Å²) in [6.07, 6.45) is 0. The lowest BCUT2D eigenvalue weighted by atomic mass is 10.0. The molecule has 1 heterocycles. The molecule has 7 heteroatoms. The number of amides is 1. The maximum absolute atomic E-state index is 12.1. The number of thiol groups is 1. The van der Waals surface area contributed by atoms with E-state index in [1.807, 2.05) is 0 Å². The largest absolute Gasteiger partial charge is 0.480 e. The van der Waals surface area contributed by atoms with Gasteiger partial charge in [-0.2, -0.15) is 12.6 Å². The second-order valence-corrected chi connectivity index (χ2v) is 6.12. The van der Waals surface area contributed by atoms with Gasteiger partial charge in [0.05, 0.1) is 0 Å². The number of hydrogen-bond donors (Lipinski definition) is 3. The molecule has 1 unspecified atom stereocenters. The average Bonchev–Trinajstić information content (AvgIpc) is 2.80. The highest BCUT2D eigenvalue weighted by Gasteiger charge is 2.34. The van der Waals surface area contributed by atoms with Gasteiger partial charge in [0.15, 0.2) is 11.5 Å². The minimum atomic E-state index is -1.14. The fraction of sp³-hybridized carbons (Fsp3) is 0.385. The fourth-order valence-electron chi connectivity index (χ4n) is 1.79. The van der Waals surface area contributed by atoms with E-state index in [1.165, 1.54) is 6.07 Å². The van der Waals surface area contributed by atoms with Gasteiger partial charge in [0, 0.05) is 10.3 Å². The molecule has 0 aromatic heterocycles. The Morgan fingerprint density at radius 3 is 2.60 bits per heavy atom. The van der Waals surface area contributed by atoms with Crippen LogP contribution in [0.2, 0.25) is 0 Å². The van der Waals surface area contributed by atoms with Gasteiger partial charge >= 0.3 is 5.97 Å². The SMILES string of the molecule is CC(C)(S)C(NC(=O)c1ccc2c(c1)OCO2)C(=O)O. The van der Waals surface area contributed by atoms with Crippen molar-refractivity contribution in [1.29, 1.82) is 0 Å². The molecule has 2 rings (SSSR count). The molecule has 6 nitrogen and oxygen atoms in total. The van der Waals surface area contributed by atoms with Crippen LogP contribution in [0.5, 0.6) is 11.5 Å². The number of carbonyl (C=O) groups is 2. The molecular formula is C13H15NO5S. The molecule has 1 aliphatic rings. The van der Waals surface area contributed by atoms with E-state index in [2.05, 4.69) is 17.9 Å². The van der Waals surface area contributed by atoms with E-state index in [-0.39, 0.29) is 6.79 Å². The Kier molecular flexibility index (Phi) is 3.80. The van der Waals surface area contributed by atoms with Gasteiger partial charge in [-0.25, -0.2) is 4.79 Å². The van der Waals surface area contributed by atoms with Crippen molar-refractivity contribution in [2.45, 2.75) is 24.6 Å². The van der Waals surface area contributed by atoms with Crippen molar-refractivity contribution in [3.05, 3.63) is 23.8 Å². The number of carboxylic acid groups (broad SMARTS) is 1. The third kappa shape index (κ3) is 2.98. The van der Waals surface area contributed by atoms with E-state index in [0.717, 1.165) is 0 Å². The second kappa shape index (κ2) is 5.24. The predicted molar refractivity (Wildman–Crippen MR) is 74.5 cm³/mol. The number of fused-ring (bicyclic) bond motifs is 1. The molecular weight excluding hydrogens is 282 g/mol. The van der Waals surface area contributed by atoms with E-state index in [1.54, 1.807) is 26.0 Å². The fourth-order valence-corrected chi connectivity index (χ4v) is 1.97. The quantitative estimate of drug-likeness (QED) is 0.730. The van der Waals surface area contributed by atoms with Crippen molar-refractivity contribution in [1.82, 2.24) is 5.32 Å². The number of benzene rings is 1. The summed E-state index contributed by atoms with van der Waals surface area (Å²) < 4.78 is 9.43. The number of aliphatic carboxylic acids is 1. The number of carboxylic acids is 1. The van der Waals surface area contributed by atoms with E-state index in [9.17, 15) is 9.59 Å². The van der Waals surface area contributed by atoms with Gasteiger partial charge in [-0.15, -0.1) is 0 Å². The van der Waals surface area contributed by atoms with E-state index >= 15 is 0 Å². The number of ether oxygens (including phenoxy) is 2. The van der Waals surface area contributed by atoms with Gasteiger partial charge in [-0.1, -0.05) is 0 Å². The van der Waals surface area contributed by atoms with Crippen LogP contribution in [0.4, 0.5) is 0 Å². The van der Waals surface area contributed by atoms with Crippen LogP contribution in [0, 0.1) is 0 Å². The molecule has 0 spiro atoms. The third-order valence-corrected chi connectivity index (χ3v) is 3.12. The summed E-state index contributed by atoms with van der Waals surface area (Å²) >= 11 is 4.20. The van der Waals surface area contributed by atoms with Crippen LogP contribution in [-0.4, -0.2) is 34.6 Å². The van der Waals surface area contributed by atoms with Gasteiger partial charge in [0.1, 0.15) is 6.04 Å². The van der Waals surface area contributed by atoms with Crippen LogP contribution in [0.25, 0.3) is 0 Å². The molecule has 0 aliphatic carbocycles.